The van der Waals surface area contributed by atoms with Gasteiger partial charge in [0.15, 0.2) is 0 Å². The molecule has 0 saturated carbocycles. The molecule has 0 fully saturated rings. The Morgan fingerprint density at radius 1 is 1.24 bits per heavy atom. The number of non-ortho nitro benzene ring substituents is 1. The van der Waals surface area contributed by atoms with E-state index in [1.807, 2.05) is 0 Å². The predicted octanol–water partition coefficient (Wildman–Crippen LogP) is 3.20. The Morgan fingerprint density at radius 3 is 2.48 bits per heavy atom. The lowest BCUT2D eigenvalue weighted by molar-refractivity contribution is -0.384. The Bertz CT molecular complexity index is 718. The van der Waals surface area contributed by atoms with Gasteiger partial charge in [-0.1, -0.05) is 12.1 Å². The van der Waals surface area contributed by atoms with E-state index < -0.39 is 16.7 Å². The fourth-order valence-electron chi connectivity index (χ4n) is 1.95. The van der Waals surface area contributed by atoms with Crippen LogP contribution in [0.3, 0.4) is 0 Å². The molecule has 2 rings (SSSR count). The van der Waals surface area contributed by atoms with Gasteiger partial charge < -0.3 is 10.0 Å². The molecular formula is C14H11FN2O4. The molecule has 7 heteroatoms. The Hall–Kier alpha value is -2.96. The monoisotopic (exact) mass is 290 g/mol. The second kappa shape index (κ2) is 5.58. The molecule has 0 unspecified atom stereocenters. The number of aromatic carboxylic acids is 1. The summed E-state index contributed by atoms with van der Waals surface area (Å²) >= 11 is 0. The van der Waals surface area contributed by atoms with Crippen molar-refractivity contribution in [2.45, 2.75) is 0 Å². The first-order chi connectivity index (χ1) is 9.91. The quantitative estimate of drug-likeness (QED) is 0.690. The number of para-hydroxylation sites is 1. The summed E-state index contributed by atoms with van der Waals surface area (Å²) in [7, 11) is 1.49. The Morgan fingerprint density at radius 2 is 1.90 bits per heavy atom. The first-order valence-electron chi connectivity index (χ1n) is 5.92. The van der Waals surface area contributed by atoms with Crippen molar-refractivity contribution in [3.8, 4) is 0 Å². The van der Waals surface area contributed by atoms with Crippen molar-refractivity contribution in [3.05, 3.63) is 64.0 Å². The molecule has 0 heterocycles. The third-order valence-electron chi connectivity index (χ3n) is 3.00. The average Bonchev–Trinajstić information content (AvgIpc) is 2.46. The van der Waals surface area contributed by atoms with Gasteiger partial charge in [-0.25, -0.2) is 9.18 Å². The Labute approximate surface area is 119 Å². The van der Waals surface area contributed by atoms with Crippen molar-refractivity contribution in [3.63, 3.8) is 0 Å². The number of hydrogen-bond acceptors (Lipinski definition) is 4. The average molecular weight is 290 g/mol. The van der Waals surface area contributed by atoms with Gasteiger partial charge in [0.1, 0.15) is 5.82 Å². The van der Waals surface area contributed by atoms with Crippen LogP contribution < -0.4 is 4.90 Å². The van der Waals surface area contributed by atoms with Gasteiger partial charge in [0, 0.05) is 19.2 Å². The number of nitro benzene ring substituents is 1. The van der Waals surface area contributed by atoms with Crippen LogP contribution in [0.1, 0.15) is 10.4 Å². The number of nitro groups is 1. The normalized spacial score (nSPS) is 10.2. The lowest BCUT2D eigenvalue weighted by atomic mass is 10.1. The number of benzene rings is 2. The van der Waals surface area contributed by atoms with Crippen LogP contribution >= 0.6 is 0 Å². The van der Waals surface area contributed by atoms with E-state index in [-0.39, 0.29) is 22.6 Å². The summed E-state index contributed by atoms with van der Waals surface area (Å²) < 4.78 is 13.8. The van der Waals surface area contributed by atoms with Gasteiger partial charge in [0.25, 0.3) is 5.69 Å². The highest BCUT2D eigenvalue weighted by molar-refractivity contribution is 5.96. The van der Waals surface area contributed by atoms with Gasteiger partial charge >= 0.3 is 5.97 Å². The molecule has 21 heavy (non-hydrogen) atoms. The van der Waals surface area contributed by atoms with Crippen molar-refractivity contribution in [1.82, 2.24) is 0 Å². The van der Waals surface area contributed by atoms with Crippen LogP contribution in [0.2, 0.25) is 0 Å². The van der Waals surface area contributed by atoms with Crippen molar-refractivity contribution < 1.29 is 19.2 Å². The Kier molecular flexibility index (Phi) is 3.84. The van der Waals surface area contributed by atoms with E-state index >= 15 is 0 Å². The van der Waals surface area contributed by atoms with Gasteiger partial charge in [-0.05, 0) is 18.2 Å². The molecule has 108 valence electrons. The van der Waals surface area contributed by atoms with Crippen LogP contribution in [-0.2, 0) is 0 Å². The molecule has 2 aromatic rings. The summed E-state index contributed by atoms with van der Waals surface area (Å²) in [6.07, 6.45) is 0. The lowest BCUT2D eigenvalue weighted by Gasteiger charge is -2.21. The van der Waals surface area contributed by atoms with E-state index in [9.17, 15) is 24.4 Å². The van der Waals surface area contributed by atoms with Crippen molar-refractivity contribution in [2.75, 3.05) is 11.9 Å². The number of carboxylic acids is 1. The van der Waals surface area contributed by atoms with E-state index in [0.717, 1.165) is 6.07 Å². The zero-order valence-electron chi connectivity index (χ0n) is 11.0. The number of carbonyl (C=O) groups is 1. The number of hydrogen-bond donors (Lipinski definition) is 1. The molecule has 0 aromatic heterocycles. The predicted molar refractivity (Wildman–Crippen MR) is 74.5 cm³/mol. The summed E-state index contributed by atoms with van der Waals surface area (Å²) in [6, 6.07) is 9.28. The molecular weight excluding hydrogens is 279 g/mol. The van der Waals surface area contributed by atoms with Gasteiger partial charge in [0.2, 0.25) is 0 Å². The first-order valence-corrected chi connectivity index (χ1v) is 5.92. The summed E-state index contributed by atoms with van der Waals surface area (Å²) in [5, 5.41) is 19.9. The van der Waals surface area contributed by atoms with E-state index in [0.29, 0.717) is 0 Å². The minimum atomic E-state index is -1.32. The fraction of sp³-hybridized carbons (Fsp3) is 0.0714. The van der Waals surface area contributed by atoms with Crippen LogP contribution in [0, 0.1) is 15.9 Å². The maximum atomic E-state index is 13.8. The number of rotatable bonds is 4. The fourth-order valence-corrected chi connectivity index (χ4v) is 1.95. The third-order valence-corrected chi connectivity index (χ3v) is 3.00. The lowest BCUT2D eigenvalue weighted by Crippen LogP contribution is -2.15. The molecule has 0 aliphatic heterocycles. The molecule has 1 N–H and O–H groups in total. The van der Waals surface area contributed by atoms with E-state index in [1.165, 1.54) is 42.3 Å². The third kappa shape index (κ3) is 2.81. The molecule has 0 aliphatic rings. The minimum absolute atomic E-state index is 0.165. The second-order valence-electron chi connectivity index (χ2n) is 4.27. The maximum Gasteiger partial charge on any atom is 0.338 e. The molecule has 0 radical (unpaired) electrons. The number of anilines is 2. The summed E-state index contributed by atoms with van der Waals surface area (Å²) in [6.45, 7) is 0. The smallest absolute Gasteiger partial charge is 0.338 e. The van der Waals surface area contributed by atoms with Crippen LogP contribution in [0.25, 0.3) is 0 Å². The van der Waals surface area contributed by atoms with Gasteiger partial charge in [0.05, 0.1) is 21.9 Å². The zero-order chi connectivity index (χ0) is 15.6. The molecule has 0 amide bonds. The number of carboxylic acid groups (broad SMARTS) is 1. The molecule has 2 aromatic carbocycles. The molecule has 0 atom stereocenters. The van der Waals surface area contributed by atoms with Crippen LogP contribution in [-0.4, -0.2) is 23.0 Å². The standard InChI is InChI=1S/C14H11FN2O4/c1-16(13-5-3-2-4-11(13)15)12-7-6-9(17(20)21)8-10(12)14(18)19/h2-8H,1H3,(H,18,19). The molecule has 0 aliphatic carbocycles. The van der Waals surface area contributed by atoms with Gasteiger partial charge in [-0.2, -0.15) is 0 Å². The van der Waals surface area contributed by atoms with Crippen LogP contribution in [0.15, 0.2) is 42.5 Å². The zero-order valence-corrected chi connectivity index (χ0v) is 11.0. The van der Waals surface area contributed by atoms with Crippen molar-refractivity contribution >= 4 is 23.0 Å². The topological polar surface area (TPSA) is 83.7 Å². The van der Waals surface area contributed by atoms with E-state index in [2.05, 4.69) is 0 Å². The number of halogens is 1. The van der Waals surface area contributed by atoms with Crippen LogP contribution in [0.5, 0.6) is 0 Å². The molecule has 0 bridgehead atoms. The van der Waals surface area contributed by atoms with Gasteiger partial charge in [-0.3, -0.25) is 10.1 Å². The van der Waals surface area contributed by atoms with Crippen molar-refractivity contribution in [1.29, 1.82) is 0 Å². The van der Waals surface area contributed by atoms with E-state index in [1.54, 1.807) is 6.07 Å². The SMILES string of the molecule is CN(c1ccccc1F)c1ccc([N+](=O)[O-])cc1C(=O)O. The molecule has 0 saturated heterocycles. The summed E-state index contributed by atoms with van der Waals surface area (Å²) in [4.78, 5) is 22.6. The minimum Gasteiger partial charge on any atom is -0.478 e. The maximum absolute atomic E-state index is 13.8. The largest absolute Gasteiger partial charge is 0.478 e. The van der Waals surface area contributed by atoms with E-state index in [4.69, 9.17) is 0 Å². The Balaban J connectivity index is 2.55. The van der Waals surface area contributed by atoms with Crippen LogP contribution in [0.4, 0.5) is 21.5 Å². The molecule has 6 nitrogen and oxygen atoms in total. The van der Waals surface area contributed by atoms with Gasteiger partial charge in [-0.15, -0.1) is 0 Å². The highest BCUT2D eigenvalue weighted by Crippen LogP contribution is 2.31. The highest BCUT2D eigenvalue weighted by atomic mass is 19.1. The number of nitrogens with zero attached hydrogens (tertiary/aromatic N) is 2. The first kappa shape index (κ1) is 14.4. The van der Waals surface area contributed by atoms with Crippen molar-refractivity contribution in [2.24, 2.45) is 0 Å². The molecule has 0 spiro atoms. The summed E-state index contributed by atoms with van der Waals surface area (Å²) in [5.41, 5.74) is -0.264. The summed E-state index contributed by atoms with van der Waals surface area (Å²) in [5.74, 6) is -1.84. The second-order valence-corrected chi connectivity index (χ2v) is 4.27. The highest BCUT2D eigenvalue weighted by Gasteiger charge is 2.20.